The molecule has 1 aliphatic rings. The molecule has 1 amide bonds. The summed E-state index contributed by atoms with van der Waals surface area (Å²) in [6.45, 7) is 1.29. The Balaban J connectivity index is 1.37. The van der Waals surface area contributed by atoms with E-state index in [1.54, 1.807) is 24.3 Å². The van der Waals surface area contributed by atoms with Crippen molar-refractivity contribution in [2.45, 2.75) is 25.6 Å². The van der Waals surface area contributed by atoms with E-state index in [1.165, 1.54) is 6.07 Å². The fourth-order valence-electron chi connectivity index (χ4n) is 3.54. The maximum atomic E-state index is 13.1. The Labute approximate surface area is 185 Å². The predicted molar refractivity (Wildman–Crippen MR) is 109 cm³/mol. The number of aromatic nitrogens is 4. The van der Waals surface area contributed by atoms with Crippen molar-refractivity contribution in [1.82, 2.24) is 25.1 Å². The molecule has 1 N–H and O–H groups in total. The molecule has 31 heavy (non-hydrogen) atoms. The Kier molecular flexibility index (Phi) is 5.94. The summed E-state index contributed by atoms with van der Waals surface area (Å²) < 4.78 is 39.9. The Morgan fingerprint density at radius 1 is 1.10 bits per heavy atom. The van der Waals surface area contributed by atoms with Crippen LogP contribution in [0.15, 0.2) is 30.3 Å². The van der Waals surface area contributed by atoms with Crippen molar-refractivity contribution in [3.05, 3.63) is 51.8 Å². The predicted octanol–water partition coefficient (Wildman–Crippen LogP) is 3.98. The first-order chi connectivity index (χ1) is 14.7. The quantitative estimate of drug-likeness (QED) is 0.621. The molecular formula is C19H17Cl2F3N6O. The number of carbonyl (C=O) groups excluding carboxylic acids is 1. The average Bonchev–Trinajstić information content (AvgIpc) is 3.15. The monoisotopic (exact) mass is 472 g/mol. The first-order valence-electron chi connectivity index (χ1n) is 9.48. The lowest BCUT2D eigenvalue weighted by atomic mass is 9.96. The molecule has 3 heterocycles. The number of nitrogens with one attached hydrogen (secondary N) is 1. The normalized spacial score (nSPS) is 15.5. The SMILES string of the molecule is O=C(NCc1cc(Cl)cc(Cl)c1)C1CCN(c2ccc3nnc(C(F)(F)F)n3n2)CC1. The minimum absolute atomic E-state index is 0.0199. The highest BCUT2D eigenvalue weighted by Crippen LogP contribution is 2.29. The van der Waals surface area contributed by atoms with E-state index in [9.17, 15) is 18.0 Å². The summed E-state index contributed by atoms with van der Waals surface area (Å²) in [5.41, 5.74) is 0.821. The second-order valence-corrected chi connectivity index (χ2v) is 8.11. The first-order valence-corrected chi connectivity index (χ1v) is 10.2. The van der Waals surface area contributed by atoms with Crippen molar-refractivity contribution < 1.29 is 18.0 Å². The van der Waals surface area contributed by atoms with Gasteiger partial charge in [0.25, 0.3) is 5.82 Å². The third-order valence-corrected chi connectivity index (χ3v) is 5.52. The van der Waals surface area contributed by atoms with Crippen LogP contribution in [0, 0.1) is 5.92 Å². The number of benzene rings is 1. The first kappa shape index (κ1) is 21.6. The number of hydrogen-bond acceptors (Lipinski definition) is 5. The van der Waals surface area contributed by atoms with Gasteiger partial charge in [-0.15, -0.1) is 15.3 Å². The van der Waals surface area contributed by atoms with E-state index in [0.717, 1.165) is 5.56 Å². The lowest BCUT2D eigenvalue weighted by Gasteiger charge is -2.32. The zero-order chi connectivity index (χ0) is 22.2. The second kappa shape index (κ2) is 8.51. The van der Waals surface area contributed by atoms with Gasteiger partial charge < -0.3 is 10.2 Å². The lowest BCUT2D eigenvalue weighted by Crippen LogP contribution is -2.40. The van der Waals surface area contributed by atoms with Gasteiger partial charge in [-0.2, -0.15) is 17.7 Å². The summed E-state index contributed by atoms with van der Waals surface area (Å²) in [4.78, 5) is 14.4. The molecule has 1 saturated heterocycles. The zero-order valence-electron chi connectivity index (χ0n) is 16.0. The molecule has 164 valence electrons. The number of nitrogens with zero attached hydrogens (tertiary/aromatic N) is 5. The molecule has 1 fully saturated rings. The highest BCUT2D eigenvalue weighted by atomic mass is 35.5. The third kappa shape index (κ3) is 4.85. The summed E-state index contributed by atoms with van der Waals surface area (Å²) in [5.74, 6) is -1.07. The van der Waals surface area contributed by atoms with Crippen molar-refractivity contribution in [2.75, 3.05) is 18.0 Å². The Hall–Kier alpha value is -2.59. The van der Waals surface area contributed by atoms with E-state index in [2.05, 4.69) is 20.6 Å². The van der Waals surface area contributed by atoms with Gasteiger partial charge in [-0.05, 0) is 48.7 Å². The molecule has 0 atom stereocenters. The van der Waals surface area contributed by atoms with Crippen LogP contribution >= 0.6 is 23.2 Å². The number of hydrogen-bond donors (Lipinski definition) is 1. The topological polar surface area (TPSA) is 75.4 Å². The Morgan fingerprint density at radius 3 is 2.42 bits per heavy atom. The van der Waals surface area contributed by atoms with Gasteiger partial charge in [-0.3, -0.25) is 4.79 Å². The minimum atomic E-state index is -4.65. The van der Waals surface area contributed by atoms with Crippen LogP contribution < -0.4 is 10.2 Å². The van der Waals surface area contributed by atoms with Crippen molar-refractivity contribution >= 4 is 40.6 Å². The van der Waals surface area contributed by atoms with E-state index in [4.69, 9.17) is 23.2 Å². The number of fused-ring (bicyclic) bond motifs is 1. The van der Waals surface area contributed by atoms with E-state index in [1.807, 2.05) is 4.90 Å². The third-order valence-electron chi connectivity index (χ3n) is 5.08. The van der Waals surface area contributed by atoms with Crippen molar-refractivity contribution in [2.24, 2.45) is 5.92 Å². The summed E-state index contributed by atoms with van der Waals surface area (Å²) in [7, 11) is 0. The molecule has 0 unspecified atom stereocenters. The molecule has 2 aromatic heterocycles. The van der Waals surface area contributed by atoms with Gasteiger partial charge >= 0.3 is 6.18 Å². The maximum Gasteiger partial charge on any atom is 0.453 e. The fourth-order valence-corrected chi connectivity index (χ4v) is 4.11. The number of anilines is 1. The highest BCUT2D eigenvalue weighted by Gasteiger charge is 2.38. The number of alkyl halides is 3. The molecule has 0 saturated carbocycles. The van der Waals surface area contributed by atoms with Crippen LogP contribution in [0.2, 0.25) is 10.0 Å². The second-order valence-electron chi connectivity index (χ2n) is 7.24. The number of piperidine rings is 1. The van der Waals surface area contributed by atoms with Crippen LogP contribution in [0.25, 0.3) is 5.65 Å². The van der Waals surface area contributed by atoms with E-state index in [0.29, 0.717) is 52.9 Å². The summed E-state index contributed by atoms with van der Waals surface area (Å²) in [6, 6.07) is 8.14. The van der Waals surface area contributed by atoms with Gasteiger partial charge in [0.2, 0.25) is 5.91 Å². The van der Waals surface area contributed by atoms with Gasteiger partial charge in [0.15, 0.2) is 5.65 Å². The molecule has 12 heteroatoms. The maximum absolute atomic E-state index is 13.1. The fraction of sp³-hybridized carbons (Fsp3) is 0.368. The molecule has 7 nitrogen and oxygen atoms in total. The number of rotatable bonds is 4. The molecule has 0 aliphatic carbocycles. The van der Waals surface area contributed by atoms with Crippen LogP contribution in [-0.2, 0) is 17.5 Å². The molecule has 1 aliphatic heterocycles. The largest absolute Gasteiger partial charge is 0.453 e. The van der Waals surface area contributed by atoms with E-state index in [-0.39, 0.29) is 17.5 Å². The van der Waals surface area contributed by atoms with Crippen LogP contribution in [0.4, 0.5) is 19.0 Å². The van der Waals surface area contributed by atoms with Crippen molar-refractivity contribution in [3.63, 3.8) is 0 Å². The smallest absolute Gasteiger partial charge is 0.355 e. The molecular weight excluding hydrogens is 456 g/mol. The Morgan fingerprint density at radius 2 is 1.77 bits per heavy atom. The van der Waals surface area contributed by atoms with Crippen LogP contribution in [0.1, 0.15) is 24.2 Å². The average molecular weight is 473 g/mol. The van der Waals surface area contributed by atoms with Gasteiger partial charge in [0, 0.05) is 35.6 Å². The van der Waals surface area contributed by atoms with Crippen LogP contribution in [0.5, 0.6) is 0 Å². The lowest BCUT2D eigenvalue weighted by molar-refractivity contribution is -0.146. The summed E-state index contributed by atoms with van der Waals surface area (Å²) in [6.07, 6.45) is -3.55. The number of carbonyl (C=O) groups is 1. The van der Waals surface area contributed by atoms with E-state index >= 15 is 0 Å². The molecule has 4 rings (SSSR count). The van der Waals surface area contributed by atoms with Crippen molar-refractivity contribution in [1.29, 1.82) is 0 Å². The summed E-state index contributed by atoms with van der Waals surface area (Å²) in [5, 5.41) is 14.6. The van der Waals surface area contributed by atoms with Crippen molar-refractivity contribution in [3.8, 4) is 0 Å². The molecule has 0 radical (unpaired) electrons. The van der Waals surface area contributed by atoms with Crippen LogP contribution in [-0.4, -0.2) is 38.8 Å². The molecule has 1 aromatic carbocycles. The van der Waals surface area contributed by atoms with Gasteiger partial charge in [-0.25, -0.2) is 0 Å². The van der Waals surface area contributed by atoms with Crippen LogP contribution in [0.3, 0.4) is 0 Å². The zero-order valence-corrected chi connectivity index (χ0v) is 17.5. The van der Waals surface area contributed by atoms with E-state index < -0.39 is 12.0 Å². The molecule has 0 spiro atoms. The minimum Gasteiger partial charge on any atom is -0.355 e. The number of amides is 1. The standard InChI is InChI=1S/C19H17Cl2F3N6O/c20-13-7-11(8-14(21)9-13)10-25-17(31)12-3-5-29(6-4-12)16-2-1-15-26-27-18(19(22,23)24)30(15)28-16/h1-2,7-9,12H,3-6,10H2,(H,25,31). The highest BCUT2D eigenvalue weighted by molar-refractivity contribution is 6.34. The molecule has 3 aromatic rings. The summed E-state index contributed by atoms with van der Waals surface area (Å²) >= 11 is 11.9. The molecule has 0 bridgehead atoms. The van der Waals surface area contributed by atoms with Gasteiger partial charge in [0.05, 0.1) is 0 Å². The number of halogens is 5. The Bertz CT molecular complexity index is 1090. The van der Waals surface area contributed by atoms with Gasteiger partial charge in [-0.1, -0.05) is 23.2 Å². The van der Waals surface area contributed by atoms with Gasteiger partial charge in [0.1, 0.15) is 5.82 Å².